The van der Waals surface area contributed by atoms with Crippen LogP contribution in [0.1, 0.15) is 22.2 Å². The van der Waals surface area contributed by atoms with Gasteiger partial charge < -0.3 is 14.8 Å². The van der Waals surface area contributed by atoms with Gasteiger partial charge in [-0.1, -0.05) is 17.7 Å². The minimum absolute atomic E-state index is 0.0807. The minimum Gasteiger partial charge on any atom is -0.395 e. The molecular weight excluding hydrogens is 319 g/mol. The van der Waals surface area contributed by atoms with Gasteiger partial charge in [-0.2, -0.15) is 0 Å². The van der Waals surface area contributed by atoms with Crippen molar-refractivity contribution in [1.82, 2.24) is 5.32 Å². The smallest absolute Gasteiger partial charge is 0.395 e. The molecular formula is C13H10ClFN2O5. The Bertz CT molecular complexity index is 718. The number of nitrogens with one attached hydrogen (secondary N) is 1. The minimum atomic E-state index is -1.17. The number of benzene rings is 1. The lowest BCUT2D eigenvalue weighted by molar-refractivity contribution is -0.402. The highest BCUT2D eigenvalue weighted by Crippen LogP contribution is 2.20. The van der Waals surface area contributed by atoms with Crippen LogP contribution in [-0.4, -0.2) is 22.5 Å². The fourth-order valence-corrected chi connectivity index (χ4v) is 1.78. The van der Waals surface area contributed by atoms with Gasteiger partial charge in [0.2, 0.25) is 0 Å². The van der Waals surface area contributed by atoms with Gasteiger partial charge in [0, 0.05) is 6.54 Å². The highest BCUT2D eigenvalue weighted by atomic mass is 35.5. The molecule has 0 fully saturated rings. The Kier molecular flexibility index (Phi) is 4.74. The van der Waals surface area contributed by atoms with Crippen molar-refractivity contribution in [3.63, 3.8) is 0 Å². The molecule has 1 amide bonds. The lowest BCUT2D eigenvalue weighted by Gasteiger charge is -2.12. The molecule has 2 aromatic rings. The number of amides is 1. The van der Waals surface area contributed by atoms with E-state index in [1.54, 1.807) is 0 Å². The number of rotatable bonds is 5. The molecule has 0 aliphatic carbocycles. The predicted molar refractivity (Wildman–Crippen MR) is 74.1 cm³/mol. The largest absolute Gasteiger partial charge is 0.433 e. The Morgan fingerprint density at radius 2 is 2.18 bits per heavy atom. The first-order valence-electron chi connectivity index (χ1n) is 6.04. The topological polar surface area (TPSA) is 106 Å². The van der Waals surface area contributed by atoms with E-state index in [1.807, 2.05) is 0 Å². The van der Waals surface area contributed by atoms with Crippen LogP contribution >= 0.6 is 11.6 Å². The van der Waals surface area contributed by atoms with Gasteiger partial charge in [-0.3, -0.25) is 14.9 Å². The average molecular weight is 329 g/mol. The third-order valence-corrected chi connectivity index (χ3v) is 3.09. The Balaban J connectivity index is 1.97. The van der Waals surface area contributed by atoms with Crippen LogP contribution in [0.3, 0.4) is 0 Å². The van der Waals surface area contributed by atoms with Crippen molar-refractivity contribution in [3.8, 4) is 0 Å². The van der Waals surface area contributed by atoms with Crippen molar-refractivity contribution in [3.05, 3.63) is 62.6 Å². The van der Waals surface area contributed by atoms with E-state index in [1.165, 1.54) is 12.1 Å². The summed E-state index contributed by atoms with van der Waals surface area (Å²) in [7, 11) is 0. The Labute approximate surface area is 128 Å². The van der Waals surface area contributed by atoms with Crippen molar-refractivity contribution in [2.75, 3.05) is 6.54 Å². The number of aliphatic hydroxyl groups is 1. The first-order chi connectivity index (χ1) is 10.4. The van der Waals surface area contributed by atoms with Gasteiger partial charge >= 0.3 is 5.88 Å². The zero-order valence-electron chi connectivity index (χ0n) is 11.0. The Morgan fingerprint density at radius 3 is 2.77 bits per heavy atom. The standard InChI is InChI=1S/C13H10ClFN2O5/c14-8-2-1-7(5-9(8)15)10(18)6-16-13(19)11-3-4-12(22-11)17(20)21/h1-5,10,18H,6H2,(H,16,19). The van der Waals surface area contributed by atoms with Crippen LogP contribution in [-0.2, 0) is 0 Å². The molecule has 2 rings (SSSR count). The summed E-state index contributed by atoms with van der Waals surface area (Å²) in [5.74, 6) is -2.25. The van der Waals surface area contributed by atoms with Gasteiger partial charge in [0.25, 0.3) is 5.91 Å². The first kappa shape index (κ1) is 15.9. The summed E-state index contributed by atoms with van der Waals surface area (Å²) in [5, 5.41) is 22.5. The number of carbonyl (C=O) groups excluding carboxylic acids is 1. The summed E-state index contributed by atoms with van der Waals surface area (Å²) in [6, 6.07) is 5.94. The molecule has 0 radical (unpaired) electrons. The monoisotopic (exact) mass is 328 g/mol. The second-order valence-corrected chi connectivity index (χ2v) is 4.70. The molecule has 1 atom stereocenters. The van der Waals surface area contributed by atoms with E-state index in [0.717, 1.165) is 18.2 Å². The Morgan fingerprint density at radius 1 is 1.45 bits per heavy atom. The van der Waals surface area contributed by atoms with Crippen molar-refractivity contribution < 1.29 is 23.6 Å². The quantitative estimate of drug-likeness (QED) is 0.647. The van der Waals surface area contributed by atoms with Crippen LogP contribution in [0.4, 0.5) is 10.3 Å². The summed E-state index contributed by atoms with van der Waals surface area (Å²) in [4.78, 5) is 21.4. The van der Waals surface area contributed by atoms with Gasteiger partial charge in [-0.05, 0) is 23.8 Å². The van der Waals surface area contributed by atoms with Gasteiger partial charge in [0.15, 0.2) is 5.76 Å². The normalized spacial score (nSPS) is 12.0. The number of furan rings is 1. The van der Waals surface area contributed by atoms with Gasteiger partial charge in [-0.15, -0.1) is 0 Å². The molecule has 22 heavy (non-hydrogen) atoms. The van der Waals surface area contributed by atoms with Crippen LogP contribution in [0.15, 0.2) is 34.7 Å². The summed E-state index contributed by atoms with van der Waals surface area (Å²) < 4.78 is 18.0. The summed E-state index contributed by atoms with van der Waals surface area (Å²) in [5.41, 5.74) is 0.229. The number of carbonyl (C=O) groups is 1. The van der Waals surface area contributed by atoms with Crippen molar-refractivity contribution in [2.45, 2.75) is 6.10 Å². The maximum absolute atomic E-state index is 13.3. The van der Waals surface area contributed by atoms with E-state index < -0.39 is 28.6 Å². The molecule has 1 heterocycles. The highest BCUT2D eigenvalue weighted by Gasteiger charge is 2.18. The fourth-order valence-electron chi connectivity index (χ4n) is 1.66. The summed E-state index contributed by atoms with van der Waals surface area (Å²) in [6.45, 7) is -0.228. The molecule has 0 saturated heterocycles. The molecule has 2 N–H and O–H groups in total. The van der Waals surface area contributed by atoms with Gasteiger partial charge in [-0.25, -0.2) is 4.39 Å². The predicted octanol–water partition coefficient (Wildman–Crippen LogP) is 2.44. The first-order valence-corrected chi connectivity index (χ1v) is 6.41. The average Bonchev–Trinajstić information content (AvgIpc) is 2.97. The van der Waals surface area contributed by atoms with Crippen LogP contribution in [0.5, 0.6) is 0 Å². The molecule has 1 aromatic carbocycles. The second kappa shape index (κ2) is 6.54. The number of hydrogen-bond acceptors (Lipinski definition) is 5. The maximum atomic E-state index is 13.3. The zero-order chi connectivity index (χ0) is 16.3. The molecule has 1 aromatic heterocycles. The number of hydrogen-bond donors (Lipinski definition) is 2. The summed E-state index contributed by atoms with van der Waals surface area (Å²) >= 11 is 5.53. The maximum Gasteiger partial charge on any atom is 0.433 e. The van der Waals surface area contributed by atoms with E-state index >= 15 is 0 Å². The van der Waals surface area contributed by atoms with Crippen LogP contribution in [0.25, 0.3) is 0 Å². The van der Waals surface area contributed by atoms with Crippen molar-refractivity contribution >= 4 is 23.4 Å². The zero-order valence-corrected chi connectivity index (χ0v) is 11.7. The van der Waals surface area contributed by atoms with E-state index in [4.69, 9.17) is 16.0 Å². The lowest BCUT2D eigenvalue weighted by Crippen LogP contribution is -2.28. The van der Waals surface area contributed by atoms with Gasteiger partial charge in [0.05, 0.1) is 17.2 Å². The third-order valence-electron chi connectivity index (χ3n) is 2.78. The van der Waals surface area contributed by atoms with E-state index in [-0.39, 0.29) is 22.9 Å². The highest BCUT2D eigenvalue weighted by molar-refractivity contribution is 6.30. The molecule has 0 aliphatic heterocycles. The molecule has 9 heteroatoms. The summed E-state index contributed by atoms with van der Waals surface area (Å²) in [6.07, 6.45) is -1.17. The van der Waals surface area contributed by atoms with Crippen LogP contribution in [0.2, 0.25) is 5.02 Å². The molecule has 7 nitrogen and oxygen atoms in total. The number of nitrogens with zero attached hydrogens (tertiary/aromatic N) is 1. The molecule has 0 spiro atoms. The van der Waals surface area contributed by atoms with E-state index in [0.29, 0.717) is 0 Å². The SMILES string of the molecule is O=C(NCC(O)c1ccc(Cl)c(F)c1)c1ccc([N+](=O)[O-])o1. The third kappa shape index (κ3) is 3.60. The van der Waals surface area contributed by atoms with Gasteiger partial charge in [0.1, 0.15) is 10.7 Å². The Hall–Kier alpha value is -2.45. The second-order valence-electron chi connectivity index (χ2n) is 4.29. The van der Waals surface area contributed by atoms with Crippen LogP contribution in [0, 0.1) is 15.9 Å². The number of halogens is 2. The molecule has 1 unspecified atom stereocenters. The van der Waals surface area contributed by atoms with E-state index in [2.05, 4.69) is 5.32 Å². The molecule has 0 bridgehead atoms. The van der Waals surface area contributed by atoms with Crippen molar-refractivity contribution in [1.29, 1.82) is 0 Å². The molecule has 0 aliphatic rings. The fraction of sp³-hybridized carbons (Fsp3) is 0.154. The lowest BCUT2D eigenvalue weighted by atomic mass is 10.1. The van der Waals surface area contributed by atoms with Crippen LogP contribution < -0.4 is 5.32 Å². The van der Waals surface area contributed by atoms with Crippen molar-refractivity contribution in [2.24, 2.45) is 0 Å². The number of aliphatic hydroxyl groups excluding tert-OH is 1. The molecule has 0 saturated carbocycles. The van der Waals surface area contributed by atoms with E-state index in [9.17, 15) is 24.4 Å². The number of nitro groups is 1. The molecule has 116 valence electrons.